The maximum Gasteiger partial charge on any atom is 0.119 e. The Morgan fingerprint density at radius 1 is 1.42 bits per heavy atom. The van der Waals surface area contributed by atoms with E-state index < -0.39 is 0 Å². The quantitative estimate of drug-likeness (QED) is 0.698. The largest absolute Gasteiger partial charge is 0.494 e. The SMILES string of the molecule is CCCOc1ccc(N)c(C)c1. The number of hydrogen-bond donors (Lipinski definition) is 1. The lowest BCUT2D eigenvalue weighted by Crippen LogP contribution is -1.96. The van der Waals surface area contributed by atoms with Gasteiger partial charge in [-0.3, -0.25) is 0 Å². The van der Waals surface area contributed by atoms with Crippen LogP contribution in [0.15, 0.2) is 18.2 Å². The number of nitrogen functional groups attached to an aromatic ring is 1. The van der Waals surface area contributed by atoms with Crippen LogP contribution in [-0.4, -0.2) is 6.61 Å². The summed E-state index contributed by atoms with van der Waals surface area (Å²) in [6, 6.07) is 5.74. The second-order valence-electron chi connectivity index (χ2n) is 2.87. The highest BCUT2D eigenvalue weighted by molar-refractivity contribution is 5.49. The highest BCUT2D eigenvalue weighted by Gasteiger charge is 1.95. The third kappa shape index (κ3) is 2.16. The van der Waals surface area contributed by atoms with Crippen molar-refractivity contribution in [3.8, 4) is 5.75 Å². The van der Waals surface area contributed by atoms with Crippen LogP contribution in [0.25, 0.3) is 0 Å². The Balaban J connectivity index is 2.69. The van der Waals surface area contributed by atoms with E-state index in [-0.39, 0.29) is 0 Å². The summed E-state index contributed by atoms with van der Waals surface area (Å²) in [4.78, 5) is 0. The van der Waals surface area contributed by atoms with Crippen LogP contribution >= 0.6 is 0 Å². The zero-order valence-electron chi connectivity index (χ0n) is 7.63. The first kappa shape index (κ1) is 8.91. The minimum atomic E-state index is 0.767. The fourth-order valence-corrected chi connectivity index (χ4v) is 0.958. The summed E-state index contributed by atoms with van der Waals surface area (Å²) in [5, 5.41) is 0. The molecule has 66 valence electrons. The number of hydrogen-bond acceptors (Lipinski definition) is 2. The number of ether oxygens (including phenoxy) is 1. The highest BCUT2D eigenvalue weighted by Crippen LogP contribution is 2.18. The first-order chi connectivity index (χ1) is 5.74. The van der Waals surface area contributed by atoms with Gasteiger partial charge in [-0.15, -0.1) is 0 Å². The topological polar surface area (TPSA) is 35.2 Å². The van der Waals surface area contributed by atoms with Crippen molar-refractivity contribution in [2.24, 2.45) is 0 Å². The molecule has 0 unspecified atom stereocenters. The molecule has 0 aliphatic rings. The van der Waals surface area contributed by atoms with Gasteiger partial charge in [0.05, 0.1) is 6.61 Å². The van der Waals surface area contributed by atoms with Crippen LogP contribution in [0.2, 0.25) is 0 Å². The van der Waals surface area contributed by atoms with E-state index in [2.05, 4.69) is 6.92 Å². The monoisotopic (exact) mass is 165 g/mol. The van der Waals surface area contributed by atoms with Crippen LogP contribution < -0.4 is 10.5 Å². The molecule has 0 heterocycles. The van der Waals surface area contributed by atoms with Crippen molar-refractivity contribution in [2.75, 3.05) is 12.3 Å². The van der Waals surface area contributed by atoms with Crippen LogP contribution in [0.1, 0.15) is 18.9 Å². The average Bonchev–Trinajstić information content (AvgIpc) is 2.07. The molecule has 1 aromatic rings. The maximum absolute atomic E-state index is 5.66. The number of anilines is 1. The van der Waals surface area contributed by atoms with Crippen molar-refractivity contribution in [3.63, 3.8) is 0 Å². The van der Waals surface area contributed by atoms with E-state index in [0.717, 1.165) is 30.0 Å². The third-order valence-electron chi connectivity index (χ3n) is 1.71. The summed E-state index contributed by atoms with van der Waals surface area (Å²) in [7, 11) is 0. The van der Waals surface area contributed by atoms with Crippen LogP contribution in [0.3, 0.4) is 0 Å². The van der Waals surface area contributed by atoms with Crippen molar-refractivity contribution in [2.45, 2.75) is 20.3 Å². The van der Waals surface area contributed by atoms with Crippen molar-refractivity contribution in [1.29, 1.82) is 0 Å². The van der Waals surface area contributed by atoms with Gasteiger partial charge in [-0.05, 0) is 37.1 Å². The Morgan fingerprint density at radius 2 is 2.17 bits per heavy atom. The highest BCUT2D eigenvalue weighted by atomic mass is 16.5. The van der Waals surface area contributed by atoms with Gasteiger partial charge in [0, 0.05) is 5.69 Å². The molecule has 0 fully saturated rings. The van der Waals surface area contributed by atoms with Gasteiger partial charge in [-0.25, -0.2) is 0 Å². The fourth-order valence-electron chi connectivity index (χ4n) is 0.958. The predicted molar refractivity (Wildman–Crippen MR) is 51.4 cm³/mol. The fraction of sp³-hybridized carbons (Fsp3) is 0.400. The Hall–Kier alpha value is -1.18. The molecule has 2 N–H and O–H groups in total. The van der Waals surface area contributed by atoms with Crippen molar-refractivity contribution in [3.05, 3.63) is 23.8 Å². The van der Waals surface area contributed by atoms with Crippen LogP contribution in [0, 0.1) is 6.92 Å². The van der Waals surface area contributed by atoms with E-state index in [0.29, 0.717) is 0 Å². The number of benzene rings is 1. The summed E-state index contributed by atoms with van der Waals surface area (Å²) in [6.07, 6.45) is 1.03. The predicted octanol–water partition coefficient (Wildman–Crippen LogP) is 2.37. The van der Waals surface area contributed by atoms with Gasteiger partial charge in [0.1, 0.15) is 5.75 Å². The smallest absolute Gasteiger partial charge is 0.119 e. The van der Waals surface area contributed by atoms with Crippen LogP contribution in [0.4, 0.5) is 5.69 Å². The van der Waals surface area contributed by atoms with Gasteiger partial charge in [-0.1, -0.05) is 6.92 Å². The molecule has 0 aromatic heterocycles. The van der Waals surface area contributed by atoms with E-state index in [1.165, 1.54) is 0 Å². The van der Waals surface area contributed by atoms with E-state index in [9.17, 15) is 0 Å². The molecule has 0 spiro atoms. The molecule has 0 bridgehead atoms. The summed E-state index contributed by atoms with van der Waals surface area (Å²) in [5.41, 5.74) is 7.55. The maximum atomic E-state index is 5.66. The third-order valence-corrected chi connectivity index (χ3v) is 1.71. The van der Waals surface area contributed by atoms with Gasteiger partial charge < -0.3 is 10.5 Å². The average molecular weight is 165 g/mol. The summed E-state index contributed by atoms with van der Waals surface area (Å²) < 4.78 is 5.44. The molecular weight excluding hydrogens is 150 g/mol. The molecule has 1 rings (SSSR count). The molecule has 0 saturated carbocycles. The molecule has 0 atom stereocenters. The zero-order valence-corrected chi connectivity index (χ0v) is 7.63. The van der Waals surface area contributed by atoms with Gasteiger partial charge in [0.2, 0.25) is 0 Å². The molecule has 0 amide bonds. The molecule has 0 aliphatic heterocycles. The summed E-state index contributed by atoms with van der Waals surface area (Å²) in [5.74, 6) is 0.906. The van der Waals surface area contributed by atoms with Crippen molar-refractivity contribution in [1.82, 2.24) is 0 Å². The van der Waals surface area contributed by atoms with Gasteiger partial charge in [0.15, 0.2) is 0 Å². The number of rotatable bonds is 3. The zero-order chi connectivity index (χ0) is 8.97. The minimum absolute atomic E-state index is 0.767. The van der Waals surface area contributed by atoms with E-state index in [1.54, 1.807) is 0 Å². The van der Waals surface area contributed by atoms with Gasteiger partial charge >= 0.3 is 0 Å². The van der Waals surface area contributed by atoms with Crippen LogP contribution in [-0.2, 0) is 0 Å². The van der Waals surface area contributed by atoms with Gasteiger partial charge in [-0.2, -0.15) is 0 Å². The van der Waals surface area contributed by atoms with E-state index >= 15 is 0 Å². The lowest BCUT2D eigenvalue weighted by atomic mass is 10.2. The Morgan fingerprint density at radius 3 is 2.75 bits per heavy atom. The molecule has 2 nitrogen and oxygen atoms in total. The number of nitrogens with two attached hydrogens (primary N) is 1. The first-order valence-corrected chi connectivity index (χ1v) is 4.23. The van der Waals surface area contributed by atoms with E-state index in [1.807, 2.05) is 25.1 Å². The second kappa shape index (κ2) is 4.00. The minimum Gasteiger partial charge on any atom is -0.494 e. The molecule has 0 saturated heterocycles. The van der Waals surface area contributed by atoms with E-state index in [4.69, 9.17) is 10.5 Å². The number of aryl methyl sites for hydroxylation is 1. The van der Waals surface area contributed by atoms with Gasteiger partial charge in [0.25, 0.3) is 0 Å². The Kier molecular flexibility index (Phi) is 2.97. The summed E-state index contributed by atoms with van der Waals surface area (Å²) in [6.45, 7) is 4.83. The molecule has 0 aliphatic carbocycles. The standard InChI is InChI=1S/C10H15NO/c1-3-6-12-9-4-5-10(11)8(2)7-9/h4-5,7H,3,6,11H2,1-2H3. The Labute approximate surface area is 73.3 Å². The molecule has 0 radical (unpaired) electrons. The molecule has 12 heavy (non-hydrogen) atoms. The molecule has 2 heteroatoms. The van der Waals surface area contributed by atoms with Crippen LogP contribution in [0.5, 0.6) is 5.75 Å². The molecule has 1 aromatic carbocycles. The Bertz CT molecular complexity index is 258. The van der Waals surface area contributed by atoms with Crippen molar-refractivity contribution >= 4 is 5.69 Å². The normalized spacial score (nSPS) is 9.83. The molecular formula is C10H15NO. The summed E-state index contributed by atoms with van der Waals surface area (Å²) >= 11 is 0. The first-order valence-electron chi connectivity index (χ1n) is 4.23. The lowest BCUT2D eigenvalue weighted by Gasteiger charge is -2.06. The lowest BCUT2D eigenvalue weighted by molar-refractivity contribution is 0.317. The van der Waals surface area contributed by atoms with Crippen molar-refractivity contribution < 1.29 is 4.74 Å². The second-order valence-corrected chi connectivity index (χ2v) is 2.87.